The predicted octanol–water partition coefficient (Wildman–Crippen LogP) is 2.96. The predicted molar refractivity (Wildman–Crippen MR) is 98.1 cm³/mol. The van der Waals surface area contributed by atoms with E-state index < -0.39 is 6.10 Å². The third-order valence-corrected chi connectivity index (χ3v) is 3.79. The second kappa shape index (κ2) is 9.08. The van der Waals surface area contributed by atoms with Gasteiger partial charge in [-0.1, -0.05) is 29.8 Å². The summed E-state index contributed by atoms with van der Waals surface area (Å²) in [4.78, 5) is 23.9. The van der Waals surface area contributed by atoms with E-state index in [2.05, 4.69) is 10.6 Å². The van der Waals surface area contributed by atoms with Crippen LogP contribution in [0.1, 0.15) is 22.8 Å². The van der Waals surface area contributed by atoms with E-state index in [9.17, 15) is 9.59 Å². The summed E-state index contributed by atoms with van der Waals surface area (Å²) in [6.07, 6.45) is -0.648. The van der Waals surface area contributed by atoms with Crippen LogP contribution in [0.15, 0.2) is 48.5 Å². The van der Waals surface area contributed by atoms with Crippen LogP contribution in [0.4, 0.5) is 0 Å². The van der Waals surface area contributed by atoms with Crippen LogP contribution < -0.4 is 15.4 Å². The van der Waals surface area contributed by atoms with E-state index in [-0.39, 0.29) is 11.8 Å². The van der Waals surface area contributed by atoms with E-state index in [0.29, 0.717) is 29.4 Å². The van der Waals surface area contributed by atoms with Crippen LogP contribution in [-0.4, -0.2) is 31.0 Å². The fraction of sp³-hybridized carbons (Fsp3) is 0.263. The first-order valence-electron chi connectivity index (χ1n) is 8.01. The highest BCUT2D eigenvalue weighted by Crippen LogP contribution is 2.22. The third kappa shape index (κ3) is 5.80. The molecule has 0 heterocycles. The second-order valence-corrected chi connectivity index (χ2v) is 6.02. The van der Waals surface area contributed by atoms with Gasteiger partial charge in [0.1, 0.15) is 5.75 Å². The van der Waals surface area contributed by atoms with Crippen LogP contribution in [-0.2, 0) is 4.79 Å². The van der Waals surface area contributed by atoms with Crippen LogP contribution in [0.25, 0.3) is 0 Å². The van der Waals surface area contributed by atoms with Crippen molar-refractivity contribution in [3.8, 4) is 5.75 Å². The Hall–Kier alpha value is -2.53. The number of nitrogens with one attached hydrogen (secondary N) is 2. The number of aryl methyl sites for hydroxylation is 1. The van der Waals surface area contributed by atoms with E-state index in [1.807, 2.05) is 13.0 Å². The van der Waals surface area contributed by atoms with E-state index in [4.69, 9.17) is 16.3 Å². The van der Waals surface area contributed by atoms with Gasteiger partial charge in [-0.3, -0.25) is 9.59 Å². The van der Waals surface area contributed by atoms with E-state index >= 15 is 0 Å². The molecular weight excluding hydrogens is 340 g/mol. The fourth-order valence-electron chi connectivity index (χ4n) is 2.19. The molecule has 132 valence electrons. The Balaban J connectivity index is 1.73. The van der Waals surface area contributed by atoms with Gasteiger partial charge in [0.05, 0.1) is 0 Å². The molecule has 0 spiro atoms. The molecule has 0 saturated carbocycles. The van der Waals surface area contributed by atoms with Crippen molar-refractivity contribution in [2.45, 2.75) is 20.0 Å². The molecule has 0 fully saturated rings. The molecule has 0 aliphatic rings. The van der Waals surface area contributed by atoms with Crippen molar-refractivity contribution in [3.63, 3.8) is 0 Å². The zero-order valence-electron chi connectivity index (χ0n) is 14.2. The first-order chi connectivity index (χ1) is 12.0. The molecular formula is C19H21ClN2O3. The average molecular weight is 361 g/mol. The van der Waals surface area contributed by atoms with Gasteiger partial charge in [0.25, 0.3) is 11.8 Å². The summed E-state index contributed by atoms with van der Waals surface area (Å²) in [7, 11) is 0. The van der Waals surface area contributed by atoms with Crippen molar-refractivity contribution < 1.29 is 14.3 Å². The molecule has 2 aromatic rings. The molecule has 0 aliphatic carbocycles. The smallest absolute Gasteiger partial charge is 0.260 e. The highest BCUT2D eigenvalue weighted by atomic mass is 35.5. The van der Waals surface area contributed by atoms with E-state index in [1.54, 1.807) is 49.4 Å². The molecule has 6 heteroatoms. The number of hydrogen-bond acceptors (Lipinski definition) is 3. The first-order valence-corrected chi connectivity index (χ1v) is 8.39. The Kier molecular flexibility index (Phi) is 6.83. The summed E-state index contributed by atoms with van der Waals surface area (Å²) in [5, 5.41) is 6.11. The molecule has 0 aliphatic heterocycles. The quantitative estimate of drug-likeness (QED) is 0.746. The summed E-state index contributed by atoms with van der Waals surface area (Å²) < 4.78 is 5.65. The molecule has 2 amide bonds. The maximum atomic E-state index is 12.1. The Morgan fingerprint density at radius 3 is 2.44 bits per heavy atom. The molecule has 0 bridgehead atoms. The second-order valence-electron chi connectivity index (χ2n) is 5.58. The number of rotatable bonds is 7. The fourth-order valence-corrected chi connectivity index (χ4v) is 2.41. The first kappa shape index (κ1) is 18.8. The zero-order chi connectivity index (χ0) is 18.2. The van der Waals surface area contributed by atoms with Gasteiger partial charge >= 0.3 is 0 Å². The van der Waals surface area contributed by atoms with Gasteiger partial charge in [0.2, 0.25) is 0 Å². The van der Waals surface area contributed by atoms with Crippen LogP contribution >= 0.6 is 11.6 Å². The molecule has 1 atom stereocenters. The van der Waals surface area contributed by atoms with Crippen LogP contribution in [0.3, 0.4) is 0 Å². The topological polar surface area (TPSA) is 67.4 Å². The van der Waals surface area contributed by atoms with Gasteiger partial charge in [0.15, 0.2) is 6.10 Å². The highest BCUT2D eigenvalue weighted by Gasteiger charge is 2.15. The highest BCUT2D eigenvalue weighted by molar-refractivity contribution is 6.30. The SMILES string of the molecule is Cc1cc(Cl)ccc1OC(C)C(=O)NCCNC(=O)c1ccccc1. The minimum Gasteiger partial charge on any atom is -0.481 e. The monoisotopic (exact) mass is 360 g/mol. The number of benzene rings is 2. The van der Waals surface area contributed by atoms with Gasteiger partial charge in [-0.15, -0.1) is 0 Å². The molecule has 1 unspecified atom stereocenters. The van der Waals surface area contributed by atoms with Gasteiger partial charge in [-0.2, -0.15) is 0 Å². The molecule has 2 N–H and O–H groups in total. The standard InChI is InChI=1S/C19H21ClN2O3/c1-13-12-16(20)8-9-17(13)25-14(2)18(23)21-10-11-22-19(24)15-6-4-3-5-7-15/h3-9,12,14H,10-11H2,1-2H3,(H,21,23)(H,22,24). The lowest BCUT2D eigenvalue weighted by atomic mass is 10.2. The van der Waals surface area contributed by atoms with Gasteiger partial charge < -0.3 is 15.4 Å². The van der Waals surface area contributed by atoms with Gasteiger partial charge in [0, 0.05) is 23.7 Å². The maximum Gasteiger partial charge on any atom is 0.260 e. The van der Waals surface area contributed by atoms with E-state index in [0.717, 1.165) is 5.56 Å². The molecule has 25 heavy (non-hydrogen) atoms. The largest absolute Gasteiger partial charge is 0.481 e. The average Bonchev–Trinajstić information content (AvgIpc) is 2.61. The number of amides is 2. The minimum absolute atomic E-state index is 0.170. The summed E-state index contributed by atoms with van der Waals surface area (Å²) in [5.41, 5.74) is 1.45. The molecule has 0 aromatic heterocycles. The summed E-state index contributed by atoms with van der Waals surface area (Å²) in [6, 6.07) is 14.1. The normalized spacial score (nSPS) is 11.5. The summed E-state index contributed by atoms with van der Waals surface area (Å²) in [6.45, 7) is 4.20. The lowest BCUT2D eigenvalue weighted by Crippen LogP contribution is -2.40. The number of carbonyl (C=O) groups is 2. The van der Waals surface area contributed by atoms with Crippen molar-refractivity contribution in [2.24, 2.45) is 0 Å². The Labute approximate surface area is 152 Å². The Morgan fingerprint density at radius 1 is 1.08 bits per heavy atom. The number of carbonyl (C=O) groups excluding carboxylic acids is 2. The zero-order valence-corrected chi connectivity index (χ0v) is 15.0. The molecule has 5 nitrogen and oxygen atoms in total. The van der Waals surface area contributed by atoms with Crippen LogP contribution in [0.2, 0.25) is 5.02 Å². The number of ether oxygens (including phenoxy) is 1. The van der Waals surface area contributed by atoms with Gasteiger partial charge in [-0.25, -0.2) is 0 Å². The maximum absolute atomic E-state index is 12.1. The molecule has 0 radical (unpaired) electrons. The Morgan fingerprint density at radius 2 is 1.76 bits per heavy atom. The van der Waals surface area contributed by atoms with Crippen molar-refractivity contribution in [1.29, 1.82) is 0 Å². The minimum atomic E-state index is -0.648. The van der Waals surface area contributed by atoms with Crippen molar-refractivity contribution >= 4 is 23.4 Å². The summed E-state index contributed by atoms with van der Waals surface area (Å²) >= 11 is 5.90. The van der Waals surface area contributed by atoms with Crippen molar-refractivity contribution in [3.05, 3.63) is 64.7 Å². The number of hydrogen-bond donors (Lipinski definition) is 2. The molecule has 2 aromatic carbocycles. The van der Waals surface area contributed by atoms with E-state index in [1.165, 1.54) is 0 Å². The molecule has 2 rings (SSSR count). The van der Waals surface area contributed by atoms with Crippen LogP contribution in [0.5, 0.6) is 5.75 Å². The lowest BCUT2D eigenvalue weighted by molar-refractivity contribution is -0.127. The lowest BCUT2D eigenvalue weighted by Gasteiger charge is -2.16. The summed E-state index contributed by atoms with van der Waals surface area (Å²) in [5.74, 6) is 0.198. The van der Waals surface area contributed by atoms with Crippen molar-refractivity contribution in [1.82, 2.24) is 10.6 Å². The van der Waals surface area contributed by atoms with Gasteiger partial charge in [-0.05, 0) is 49.7 Å². The third-order valence-electron chi connectivity index (χ3n) is 3.56. The van der Waals surface area contributed by atoms with Crippen LogP contribution in [0, 0.1) is 6.92 Å². The Bertz CT molecular complexity index is 735. The van der Waals surface area contributed by atoms with Crippen molar-refractivity contribution in [2.75, 3.05) is 13.1 Å². The molecule has 0 saturated heterocycles. The number of halogens is 1.